The molecule has 0 radical (unpaired) electrons. The molecule has 0 saturated carbocycles. The van der Waals surface area contributed by atoms with Crippen LogP contribution in [0.3, 0.4) is 0 Å². The number of nitrogens with zero attached hydrogens (tertiary/aromatic N) is 2. The van der Waals surface area contributed by atoms with Crippen molar-refractivity contribution in [2.24, 2.45) is 0 Å². The monoisotopic (exact) mass is 218 g/mol. The van der Waals surface area contributed by atoms with Gasteiger partial charge in [0.25, 0.3) is 0 Å². The van der Waals surface area contributed by atoms with E-state index in [-0.39, 0.29) is 0 Å². The van der Waals surface area contributed by atoms with Crippen molar-refractivity contribution in [2.75, 3.05) is 32.4 Å². The van der Waals surface area contributed by atoms with Gasteiger partial charge in [-0.1, -0.05) is 6.42 Å². The van der Waals surface area contributed by atoms with Crippen molar-refractivity contribution < 1.29 is 8.42 Å². The predicted octanol–water partition coefficient (Wildman–Crippen LogP) is 0.116. The van der Waals surface area contributed by atoms with Crippen molar-refractivity contribution in [3.8, 4) is 0 Å². The molecular weight excluding hydrogens is 200 g/mol. The second-order valence-electron chi connectivity index (χ2n) is 4.31. The summed E-state index contributed by atoms with van der Waals surface area (Å²) < 4.78 is 24.4. The van der Waals surface area contributed by atoms with E-state index in [9.17, 15) is 8.42 Å². The number of piperidine rings is 1. The van der Waals surface area contributed by atoms with Gasteiger partial charge in [-0.05, 0) is 19.4 Å². The van der Waals surface area contributed by atoms with E-state index in [2.05, 4.69) is 4.90 Å². The molecule has 0 aliphatic carbocycles. The molecule has 2 heterocycles. The molecule has 2 saturated heterocycles. The van der Waals surface area contributed by atoms with Gasteiger partial charge >= 0.3 is 0 Å². The molecule has 14 heavy (non-hydrogen) atoms. The van der Waals surface area contributed by atoms with E-state index in [4.69, 9.17) is 0 Å². The van der Waals surface area contributed by atoms with Crippen LogP contribution in [0.2, 0.25) is 0 Å². The summed E-state index contributed by atoms with van der Waals surface area (Å²) in [5.74, 6) is 0. The van der Waals surface area contributed by atoms with Gasteiger partial charge in [0.05, 0.1) is 6.26 Å². The van der Waals surface area contributed by atoms with Crippen LogP contribution < -0.4 is 0 Å². The molecule has 2 rings (SSSR count). The fourth-order valence-corrected chi connectivity index (χ4v) is 3.28. The van der Waals surface area contributed by atoms with Crippen molar-refractivity contribution in [1.29, 1.82) is 0 Å². The first-order chi connectivity index (χ1) is 6.57. The number of hydrogen-bond donors (Lipinski definition) is 0. The van der Waals surface area contributed by atoms with Crippen molar-refractivity contribution in [2.45, 2.75) is 25.3 Å². The molecule has 0 amide bonds. The number of rotatable bonds is 1. The molecule has 0 spiro atoms. The summed E-state index contributed by atoms with van der Waals surface area (Å²) >= 11 is 0. The fraction of sp³-hybridized carbons (Fsp3) is 1.00. The highest BCUT2D eigenvalue weighted by atomic mass is 32.2. The molecule has 5 heteroatoms. The lowest BCUT2D eigenvalue weighted by atomic mass is 10.0. The van der Waals surface area contributed by atoms with Gasteiger partial charge in [-0.15, -0.1) is 0 Å². The maximum Gasteiger partial charge on any atom is 0.211 e. The zero-order chi connectivity index (χ0) is 10.2. The van der Waals surface area contributed by atoms with E-state index in [1.54, 1.807) is 4.31 Å². The first kappa shape index (κ1) is 10.4. The lowest BCUT2D eigenvalue weighted by molar-refractivity contribution is 0.0855. The zero-order valence-electron chi connectivity index (χ0n) is 8.65. The van der Waals surface area contributed by atoms with E-state index in [0.717, 1.165) is 19.5 Å². The van der Waals surface area contributed by atoms with Crippen molar-refractivity contribution in [3.63, 3.8) is 0 Å². The maximum atomic E-state index is 11.4. The highest BCUT2D eigenvalue weighted by Gasteiger charge is 2.32. The third-order valence-corrected chi connectivity index (χ3v) is 4.54. The molecule has 0 N–H and O–H groups in total. The van der Waals surface area contributed by atoms with Crippen LogP contribution in [-0.2, 0) is 10.0 Å². The van der Waals surface area contributed by atoms with E-state index < -0.39 is 10.0 Å². The molecule has 4 nitrogen and oxygen atoms in total. The summed E-state index contributed by atoms with van der Waals surface area (Å²) in [6, 6.07) is 0.479. The Kier molecular flexibility index (Phi) is 2.81. The molecule has 1 atom stereocenters. The Morgan fingerprint density at radius 3 is 2.64 bits per heavy atom. The van der Waals surface area contributed by atoms with Crippen molar-refractivity contribution in [3.05, 3.63) is 0 Å². The molecule has 0 aromatic rings. The van der Waals surface area contributed by atoms with E-state index in [0.29, 0.717) is 19.1 Å². The lowest BCUT2D eigenvalue weighted by Crippen LogP contribution is -2.55. The molecule has 0 aromatic heterocycles. The Hall–Kier alpha value is -0.130. The first-order valence-electron chi connectivity index (χ1n) is 5.26. The zero-order valence-corrected chi connectivity index (χ0v) is 9.46. The van der Waals surface area contributed by atoms with Crippen LogP contribution in [0.5, 0.6) is 0 Å². The number of sulfonamides is 1. The van der Waals surface area contributed by atoms with Gasteiger partial charge in [0.2, 0.25) is 10.0 Å². The summed E-state index contributed by atoms with van der Waals surface area (Å²) in [4.78, 5) is 2.44. The van der Waals surface area contributed by atoms with Crippen LogP contribution in [0.25, 0.3) is 0 Å². The lowest BCUT2D eigenvalue weighted by Gasteiger charge is -2.43. The van der Waals surface area contributed by atoms with Crippen LogP contribution in [-0.4, -0.2) is 56.1 Å². The minimum absolute atomic E-state index is 0.479. The Labute approximate surface area is 85.9 Å². The molecular formula is C9H18N2O2S. The van der Waals surface area contributed by atoms with E-state index in [1.165, 1.54) is 19.1 Å². The van der Waals surface area contributed by atoms with E-state index >= 15 is 0 Å². The SMILES string of the molecule is CS(=O)(=O)N1CCN2CCCCC2C1. The summed E-state index contributed by atoms with van der Waals surface area (Å²) in [6.45, 7) is 3.45. The molecule has 2 aliphatic rings. The molecule has 2 aliphatic heterocycles. The molecule has 1 unspecified atom stereocenters. The van der Waals surface area contributed by atoms with E-state index in [1.807, 2.05) is 0 Å². The molecule has 82 valence electrons. The van der Waals surface area contributed by atoms with Gasteiger partial charge in [0, 0.05) is 25.7 Å². The Morgan fingerprint density at radius 1 is 1.14 bits per heavy atom. The predicted molar refractivity (Wildman–Crippen MR) is 55.6 cm³/mol. The Balaban J connectivity index is 2.03. The molecule has 2 fully saturated rings. The fourth-order valence-electron chi connectivity index (χ4n) is 2.43. The van der Waals surface area contributed by atoms with Crippen LogP contribution in [0.4, 0.5) is 0 Å². The highest BCUT2D eigenvalue weighted by Crippen LogP contribution is 2.21. The van der Waals surface area contributed by atoms with Crippen LogP contribution in [0, 0.1) is 0 Å². The van der Waals surface area contributed by atoms with Gasteiger partial charge in [-0.2, -0.15) is 4.31 Å². The van der Waals surface area contributed by atoms with Gasteiger partial charge in [0.1, 0.15) is 0 Å². The van der Waals surface area contributed by atoms with Crippen LogP contribution in [0.15, 0.2) is 0 Å². The minimum Gasteiger partial charge on any atom is -0.298 e. The standard InChI is InChI=1S/C9H18N2O2S/c1-14(12,13)11-7-6-10-5-3-2-4-9(10)8-11/h9H,2-8H2,1H3. The minimum atomic E-state index is -2.97. The molecule has 0 bridgehead atoms. The van der Waals surface area contributed by atoms with Gasteiger partial charge in [0.15, 0.2) is 0 Å². The first-order valence-corrected chi connectivity index (χ1v) is 7.11. The van der Waals surface area contributed by atoms with Crippen molar-refractivity contribution >= 4 is 10.0 Å². The highest BCUT2D eigenvalue weighted by molar-refractivity contribution is 7.88. The van der Waals surface area contributed by atoms with Crippen LogP contribution >= 0.6 is 0 Å². The Bertz CT molecular complexity index is 302. The second-order valence-corrected chi connectivity index (χ2v) is 6.29. The molecule has 0 aromatic carbocycles. The summed E-state index contributed by atoms with van der Waals surface area (Å²) in [6.07, 6.45) is 4.99. The summed E-state index contributed by atoms with van der Waals surface area (Å²) in [5.41, 5.74) is 0. The normalized spacial score (nSPS) is 31.4. The summed E-state index contributed by atoms with van der Waals surface area (Å²) in [5, 5.41) is 0. The topological polar surface area (TPSA) is 40.6 Å². The smallest absolute Gasteiger partial charge is 0.211 e. The third kappa shape index (κ3) is 2.10. The van der Waals surface area contributed by atoms with Crippen LogP contribution in [0.1, 0.15) is 19.3 Å². The number of piperazine rings is 1. The second kappa shape index (κ2) is 3.79. The maximum absolute atomic E-state index is 11.4. The average molecular weight is 218 g/mol. The summed E-state index contributed by atoms with van der Waals surface area (Å²) in [7, 11) is -2.97. The van der Waals surface area contributed by atoms with Gasteiger partial charge in [-0.3, -0.25) is 4.90 Å². The number of fused-ring (bicyclic) bond motifs is 1. The largest absolute Gasteiger partial charge is 0.298 e. The van der Waals surface area contributed by atoms with Gasteiger partial charge < -0.3 is 0 Å². The van der Waals surface area contributed by atoms with Gasteiger partial charge in [-0.25, -0.2) is 8.42 Å². The third-order valence-electron chi connectivity index (χ3n) is 3.27. The number of hydrogen-bond acceptors (Lipinski definition) is 3. The quantitative estimate of drug-likeness (QED) is 0.627. The van der Waals surface area contributed by atoms with Crippen molar-refractivity contribution in [1.82, 2.24) is 9.21 Å². The average Bonchev–Trinajstić information content (AvgIpc) is 2.16. The Morgan fingerprint density at radius 2 is 1.93 bits per heavy atom.